The van der Waals surface area contributed by atoms with Crippen molar-refractivity contribution in [2.45, 2.75) is 65.0 Å². The number of benzene rings is 1. The molecule has 1 fully saturated rings. The number of aliphatic imine (C=N–C) groups is 1. The number of hydrogen-bond acceptors (Lipinski definition) is 6. The molecule has 4 rings (SSSR count). The van der Waals surface area contributed by atoms with Gasteiger partial charge in [0.1, 0.15) is 0 Å². The Bertz CT molecular complexity index is 1010. The number of esters is 1. The number of likely N-dealkylation sites (tertiary alicyclic amines) is 1. The van der Waals surface area contributed by atoms with Crippen molar-refractivity contribution in [3.63, 3.8) is 0 Å². The number of methoxy groups -OCH3 is 1. The minimum Gasteiger partial charge on any atom is -0.466 e. The van der Waals surface area contributed by atoms with E-state index in [2.05, 4.69) is 17.9 Å². The molecule has 170 valence electrons. The van der Waals surface area contributed by atoms with Gasteiger partial charge in [0.15, 0.2) is 5.17 Å². The largest absolute Gasteiger partial charge is 0.466 e. The van der Waals surface area contributed by atoms with Crippen LogP contribution in [0.15, 0.2) is 51.6 Å². The zero-order valence-electron chi connectivity index (χ0n) is 19.3. The molecule has 2 unspecified atom stereocenters. The maximum atomic E-state index is 13.2. The molecule has 1 aromatic carbocycles. The highest BCUT2D eigenvalue weighted by molar-refractivity contribution is 8.16. The second-order valence-corrected chi connectivity index (χ2v) is 9.46. The maximum Gasteiger partial charge on any atom is 0.338 e. The van der Waals surface area contributed by atoms with Gasteiger partial charge < -0.3 is 14.5 Å². The van der Waals surface area contributed by atoms with Crippen molar-refractivity contribution in [1.82, 2.24) is 9.80 Å². The minimum absolute atomic E-state index is 0.137. The van der Waals surface area contributed by atoms with Gasteiger partial charge in [0.25, 0.3) is 0 Å². The van der Waals surface area contributed by atoms with Gasteiger partial charge in [-0.2, -0.15) is 0 Å². The lowest BCUT2D eigenvalue weighted by Gasteiger charge is -2.38. The Labute approximate surface area is 194 Å². The summed E-state index contributed by atoms with van der Waals surface area (Å²) in [5, 5.41) is 2.83. The van der Waals surface area contributed by atoms with Crippen molar-refractivity contribution >= 4 is 28.8 Å². The Morgan fingerprint density at radius 1 is 1.28 bits per heavy atom. The summed E-state index contributed by atoms with van der Waals surface area (Å²) in [6, 6.07) is 8.08. The van der Waals surface area contributed by atoms with Crippen LogP contribution in [0, 0.1) is 6.92 Å². The topological polar surface area (TPSA) is 62.2 Å². The molecular formula is C25H31N3O3S. The van der Waals surface area contributed by atoms with Gasteiger partial charge in [0, 0.05) is 18.3 Å². The monoisotopic (exact) mass is 453 g/mol. The zero-order chi connectivity index (χ0) is 22.8. The molecule has 1 aromatic rings. The van der Waals surface area contributed by atoms with E-state index >= 15 is 0 Å². The van der Waals surface area contributed by atoms with E-state index in [0.717, 1.165) is 47.1 Å². The number of carbonyl (C=O) groups excluding carboxylic acids is 2. The van der Waals surface area contributed by atoms with Crippen molar-refractivity contribution < 1.29 is 14.3 Å². The van der Waals surface area contributed by atoms with E-state index in [9.17, 15) is 9.59 Å². The van der Waals surface area contributed by atoms with E-state index in [1.54, 1.807) is 0 Å². The van der Waals surface area contributed by atoms with E-state index < -0.39 is 0 Å². The SMILES string of the molecule is CCC1=C(C(=O)OC)C(c2cccc(C)c2)N2C(CC(=O)N3CCCCC3C)=CSC2=N1. The molecule has 3 heterocycles. The van der Waals surface area contributed by atoms with Crippen molar-refractivity contribution in [1.29, 1.82) is 0 Å². The molecule has 0 aromatic heterocycles. The standard InChI is InChI=1S/C25H31N3O3S/c1-5-20-22(24(30)31-4)23(18-11-8-9-16(2)13-18)28-19(15-32-25(28)26-20)14-21(29)27-12-7-6-10-17(27)3/h8-9,11,13,15,17,23H,5-7,10,12,14H2,1-4H3. The summed E-state index contributed by atoms with van der Waals surface area (Å²) in [5.74, 6) is -0.235. The quantitative estimate of drug-likeness (QED) is 0.592. The highest BCUT2D eigenvalue weighted by atomic mass is 32.2. The van der Waals surface area contributed by atoms with Crippen LogP contribution in [0.5, 0.6) is 0 Å². The summed E-state index contributed by atoms with van der Waals surface area (Å²) in [5.41, 5.74) is 4.30. The van der Waals surface area contributed by atoms with Gasteiger partial charge in [-0.25, -0.2) is 9.79 Å². The summed E-state index contributed by atoms with van der Waals surface area (Å²) in [6.45, 7) is 6.99. The number of thioether (sulfide) groups is 1. The third-order valence-electron chi connectivity index (χ3n) is 6.44. The van der Waals surface area contributed by atoms with Gasteiger partial charge in [-0.05, 0) is 50.5 Å². The lowest BCUT2D eigenvalue weighted by molar-refractivity contribution is -0.136. The van der Waals surface area contributed by atoms with Gasteiger partial charge in [0.2, 0.25) is 5.91 Å². The van der Waals surface area contributed by atoms with Crippen LogP contribution < -0.4 is 0 Å². The fourth-order valence-corrected chi connectivity index (χ4v) is 5.73. The second kappa shape index (κ2) is 9.53. The summed E-state index contributed by atoms with van der Waals surface area (Å²) < 4.78 is 5.18. The van der Waals surface area contributed by atoms with Crippen LogP contribution in [0.2, 0.25) is 0 Å². The molecule has 0 N–H and O–H groups in total. The first-order valence-corrected chi connectivity index (χ1v) is 12.2. The highest BCUT2D eigenvalue weighted by Crippen LogP contribution is 2.45. The molecule has 3 aliphatic rings. The van der Waals surface area contributed by atoms with Crippen LogP contribution >= 0.6 is 11.8 Å². The summed E-state index contributed by atoms with van der Waals surface area (Å²) in [4.78, 5) is 35.0. The number of aryl methyl sites for hydroxylation is 1. The first-order chi connectivity index (χ1) is 15.4. The molecule has 6 nitrogen and oxygen atoms in total. The number of rotatable bonds is 5. The lowest BCUT2D eigenvalue weighted by Crippen LogP contribution is -2.43. The minimum atomic E-state index is -0.372. The van der Waals surface area contributed by atoms with E-state index in [4.69, 9.17) is 9.73 Å². The molecule has 3 aliphatic heterocycles. The highest BCUT2D eigenvalue weighted by Gasteiger charge is 2.42. The Balaban J connectivity index is 1.72. The zero-order valence-corrected chi connectivity index (χ0v) is 20.1. The second-order valence-electron chi connectivity index (χ2n) is 8.62. The van der Waals surface area contributed by atoms with Crippen LogP contribution in [0.25, 0.3) is 0 Å². The fraction of sp³-hybridized carbons (Fsp3) is 0.480. The summed E-state index contributed by atoms with van der Waals surface area (Å²) in [7, 11) is 1.41. The first kappa shape index (κ1) is 22.6. The van der Waals surface area contributed by atoms with Crippen LogP contribution in [-0.4, -0.2) is 46.5 Å². The number of carbonyl (C=O) groups is 2. The lowest BCUT2D eigenvalue weighted by atomic mass is 9.92. The molecule has 32 heavy (non-hydrogen) atoms. The number of fused-ring (bicyclic) bond motifs is 1. The number of amides is 1. The smallest absolute Gasteiger partial charge is 0.338 e. The van der Waals surface area contributed by atoms with E-state index in [1.165, 1.54) is 25.3 Å². The average Bonchev–Trinajstić information content (AvgIpc) is 3.19. The molecule has 1 saturated heterocycles. The van der Waals surface area contributed by atoms with E-state index in [1.807, 2.05) is 42.4 Å². The van der Waals surface area contributed by atoms with Crippen molar-refractivity contribution in [3.05, 3.63) is 57.8 Å². The number of hydrogen-bond donors (Lipinski definition) is 0. The third-order valence-corrected chi connectivity index (χ3v) is 7.33. The third kappa shape index (κ3) is 4.22. The number of allylic oxidation sites excluding steroid dienone is 1. The fourth-order valence-electron chi connectivity index (χ4n) is 4.79. The number of ether oxygens (including phenoxy) is 1. The van der Waals surface area contributed by atoms with Gasteiger partial charge >= 0.3 is 5.97 Å². The molecule has 1 amide bonds. The van der Waals surface area contributed by atoms with Gasteiger partial charge in [-0.15, -0.1) is 0 Å². The normalized spacial score (nSPS) is 23.0. The Morgan fingerprint density at radius 2 is 2.09 bits per heavy atom. The molecule has 0 saturated carbocycles. The molecular weight excluding hydrogens is 422 g/mol. The number of amidine groups is 1. The van der Waals surface area contributed by atoms with Crippen LogP contribution in [0.3, 0.4) is 0 Å². The molecule has 2 atom stereocenters. The predicted molar refractivity (Wildman–Crippen MR) is 128 cm³/mol. The Morgan fingerprint density at radius 3 is 2.78 bits per heavy atom. The van der Waals surface area contributed by atoms with E-state index in [0.29, 0.717) is 18.4 Å². The molecule has 0 spiro atoms. The van der Waals surface area contributed by atoms with Crippen molar-refractivity contribution in [2.75, 3.05) is 13.7 Å². The number of piperidine rings is 1. The van der Waals surface area contributed by atoms with Crippen LogP contribution in [0.1, 0.15) is 63.1 Å². The van der Waals surface area contributed by atoms with Gasteiger partial charge in [0.05, 0.1) is 30.8 Å². The van der Waals surface area contributed by atoms with Crippen molar-refractivity contribution in [3.8, 4) is 0 Å². The Hall–Kier alpha value is -2.54. The Kier molecular flexibility index (Phi) is 6.74. The summed E-state index contributed by atoms with van der Waals surface area (Å²) in [6.07, 6.45) is 4.21. The van der Waals surface area contributed by atoms with Gasteiger partial charge in [-0.1, -0.05) is 48.5 Å². The van der Waals surface area contributed by atoms with Crippen LogP contribution in [-0.2, 0) is 14.3 Å². The molecule has 0 aliphatic carbocycles. The molecule has 0 radical (unpaired) electrons. The molecule has 0 bridgehead atoms. The first-order valence-electron chi connectivity index (χ1n) is 11.4. The summed E-state index contributed by atoms with van der Waals surface area (Å²) >= 11 is 1.52. The van der Waals surface area contributed by atoms with Crippen molar-refractivity contribution in [2.24, 2.45) is 4.99 Å². The predicted octanol–water partition coefficient (Wildman–Crippen LogP) is 4.92. The van der Waals surface area contributed by atoms with Gasteiger partial charge in [-0.3, -0.25) is 4.79 Å². The van der Waals surface area contributed by atoms with E-state index in [-0.39, 0.29) is 24.0 Å². The van der Waals surface area contributed by atoms with Crippen LogP contribution in [0.4, 0.5) is 0 Å². The number of nitrogens with zero attached hydrogens (tertiary/aromatic N) is 3. The average molecular weight is 454 g/mol. The maximum absolute atomic E-state index is 13.2. The molecule has 7 heteroatoms.